The quantitative estimate of drug-likeness (QED) is 0.848. The molecule has 1 aliphatic carbocycles. The van der Waals surface area contributed by atoms with E-state index >= 15 is 0 Å². The lowest BCUT2D eigenvalue weighted by atomic mass is 10.1. The van der Waals surface area contributed by atoms with Crippen LogP contribution >= 0.6 is 0 Å². The maximum atomic E-state index is 12.4. The van der Waals surface area contributed by atoms with Crippen LogP contribution in [0.1, 0.15) is 32.6 Å². The Balaban J connectivity index is 1.62. The van der Waals surface area contributed by atoms with Crippen LogP contribution in [0.3, 0.4) is 0 Å². The van der Waals surface area contributed by atoms with Crippen LogP contribution in [-0.2, 0) is 9.53 Å². The van der Waals surface area contributed by atoms with E-state index in [9.17, 15) is 9.59 Å². The van der Waals surface area contributed by atoms with E-state index in [0.717, 1.165) is 19.3 Å². The Bertz CT molecular complexity index is 549. The molecule has 118 valence electrons. The number of hydrogen-bond donors (Lipinski definition) is 1. The van der Waals surface area contributed by atoms with Gasteiger partial charge in [0.25, 0.3) is 0 Å². The molecular weight excluding hydrogens is 282 g/mol. The van der Waals surface area contributed by atoms with Crippen molar-refractivity contribution in [3.8, 4) is 0 Å². The number of ether oxygens (including phenoxy) is 1. The Hall–Kier alpha value is -2.11. The Kier molecular flexibility index (Phi) is 4.27. The number of likely N-dealkylation sites (tertiary alicyclic amines) is 1. The van der Waals surface area contributed by atoms with Gasteiger partial charge < -0.3 is 10.1 Å². The van der Waals surface area contributed by atoms with Crippen LogP contribution in [-0.4, -0.2) is 40.6 Å². The summed E-state index contributed by atoms with van der Waals surface area (Å²) in [6.45, 7) is 2.46. The highest BCUT2D eigenvalue weighted by atomic mass is 16.6. The van der Waals surface area contributed by atoms with Crippen molar-refractivity contribution in [1.82, 2.24) is 9.88 Å². The summed E-state index contributed by atoms with van der Waals surface area (Å²) in [4.78, 5) is 30.4. The zero-order chi connectivity index (χ0) is 15.5. The number of hydrogen-bond acceptors (Lipinski definition) is 4. The van der Waals surface area contributed by atoms with Gasteiger partial charge in [-0.2, -0.15) is 0 Å². The standard InChI is InChI=1S/C16H21N3O3/c1-2-3-8-22-16(21)19-12-9-11(12)10-13(19)15(20)18-14-6-4-5-7-17-14/h4-7,11-13H,2-3,8-10H2,1H3,(H,17,18,20). The van der Waals surface area contributed by atoms with E-state index in [-0.39, 0.29) is 18.0 Å². The normalized spacial score (nSPS) is 25.5. The summed E-state index contributed by atoms with van der Waals surface area (Å²) < 4.78 is 5.29. The molecule has 0 spiro atoms. The van der Waals surface area contributed by atoms with Crippen molar-refractivity contribution >= 4 is 17.8 Å². The van der Waals surface area contributed by atoms with Gasteiger partial charge in [0.15, 0.2) is 0 Å². The molecule has 22 heavy (non-hydrogen) atoms. The number of anilines is 1. The summed E-state index contributed by atoms with van der Waals surface area (Å²) in [5, 5.41) is 2.78. The lowest BCUT2D eigenvalue weighted by Crippen LogP contribution is -2.45. The zero-order valence-corrected chi connectivity index (χ0v) is 12.7. The van der Waals surface area contributed by atoms with Crippen LogP contribution in [0.4, 0.5) is 10.6 Å². The number of carbonyl (C=O) groups excluding carboxylic acids is 2. The number of rotatable bonds is 5. The summed E-state index contributed by atoms with van der Waals surface area (Å²) in [5.74, 6) is 0.768. The third-order valence-electron chi connectivity index (χ3n) is 4.26. The smallest absolute Gasteiger partial charge is 0.410 e. The number of nitrogens with zero attached hydrogens (tertiary/aromatic N) is 2. The molecular formula is C16H21N3O3. The fraction of sp³-hybridized carbons (Fsp3) is 0.562. The number of aromatic nitrogens is 1. The second-order valence-corrected chi connectivity index (χ2v) is 5.89. The molecule has 0 bridgehead atoms. The minimum absolute atomic E-state index is 0.175. The number of piperidine rings is 1. The van der Waals surface area contributed by atoms with Crippen LogP contribution in [0.15, 0.2) is 24.4 Å². The van der Waals surface area contributed by atoms with E-state index in [4.69, 9.17) is 4.74 Å². The molecule has 6 heteroatoms. The van der Waals surface area contributed by atoms with Gasteiger partial charge in [-0.25, -0.2) is 9.78 Å². The topological polar surface area (TPSA) is 71.5 Å². The second kappa shape index (κ2) is 6.34. The summed E-state index contributed by atoms with van der Waals surface area (Å²) in [6, 6.07) is 5.06. The van der Waals surface area contributed by atoms with Crippen molar-refractivity contribution in [2.24, 2.45) is 5.92 Å². The highest BCUT2D eigenvalue weighted by molar-refractivity contribution is 5.96. The Labute approximate surface area is 129 Å². The molecule has 3 unspecified atom stereocenters. The van der Waals surface area contributed by atoms with E-state index in [2.05, 4.69) is 10.3 Å². The minimum atomic E-state index is -0.445. The van der Waals surface area contributed by atoms with E-state index in [1.807, 2.05) is 13.0 Å². The first-order chi connectivity index (χ1) is 10.7. The predicted octanol–water partition coefficient (Wildman–Crippen LogP) is 2.42. The molecule has 3 atom stereocenters. The van der Waals surface area contributed by atoms with Gasteiger partial charge in [-0.05, 0) is 37.3 Å². The van der Waals surface area contributed by atoms with Crippen LogP contribution in [0.5, 0.6) is 0 Å². The number of unbranched alkanes of at least 4 members (excludes halogenated alkanes) is 1. The van der Waals surface area contributed by atoms with Crippen molar-refractivity contribution in [1.29, 1.82) is 0 Å². The van der Waals surface area contributed by atoms with Crippen molar-refractivity contribution in [2.75, 3.05) is 11.9 Å². The first kappa shape index (κ1) is 14.8. The van der Waals surface area contributed by atoms with Gasteiger partial charge in [-0.3, -0.25) is 9.69 Å². The monoisotopic (exact) mass is 303 g/mol. The third-order valence-corrected chi connectivity index (χ3v) is 4.26. The molecule has 1 N–H and O–H groups in total. The first-order valence-corrected chi connectivity index (χ1v) is 7.87. The molecule has 0 aromatic carbocycles. The molecule has 2 aliphatic rings. The van der Waals surface area contributed by atoms with Crippen LogP contribution in [0.25, 0.3) is 0 Å². The van der Waals surface area contributed by atoms with Crippen molar-refractivity contribution in [3.63, 3.8) is 0 Å². The molecule has 3 rings (SSSR count). The van der Waals surface area contributed by atoms with Crippen LogP contribution < -0.4 is 5.32 Å². The molecule has 2 heterocycles. The Morgan fingerprint density at radius 3 is 3.00 bits per heavy atom. The number of fused-ring (bicyclic) bond motifs is 1. The fourth-order valence-electron chi connectivity index (χ4n) is 2.98. The third kappa shape index (κ3) is 3.05. The van der Waals surface area contributed by atoms with E-state index in [0.29, 0.717) is 24.8 Å². The van der Waals surface area contributed by atoms with Crippen molar-refractivity contribution in [2.45, 2.75) is 44.7 Å². The second-order valence-electron chi connectivity index (χ2n) is 5.89. The summed E-state index contributed by atoms with van der Waals surface area (Å²) >= 11 is 0. The number of nitrogens with one attached hydrogen (secondary N) is 1. The number of amides is 2. The zero-order valence-electron chi connectivity index (χ0n) is 12.7. The Morgan fingerprint density at radius 1 is 1.41 bits per heavy atom. The molecule has 1 aliphatic heterocycles. The Morgan fingerprint density at radius 2 is 2.27 bits per heavy atom. The van der Waals surface area contributed by atoms with Crippen LogP contribution in [0.2, 0.25) is 0 Å². The molecule has 2 amide bonds. The SMILES string of the molecule is CCCCOC(=O)N1C(C(=O)Nc2ccccn2)CC2CC21. The molecule has 1 saturated carbocycles. The van der Waals surface area contributed by atoms with Gasteiger partial charge in [0.2, 0.25) is 5.91 Å². The fourth-order valence-corrected chi connectivity index (χ4v) is 2.98. The lowest BCUT2D eigenvalue weighted by molar-refractivity contribution is -0.120. The van der Waals surface area contributed by atoms with Gasteiger partial charge in [-0.1, -0.05) is 19.4 Å². The number of carbonyl (C=O) groups is 2. The maximum absolute atomic E-state index is 12.4. The molecule has 1 saturated heterocycles. The first-order valence-electron chi connectivity index (χ1n) is 7.87. The lowest BCUT2D eigenvalue weighted by Gasteiger charge is -2.25. The predicted molar refractivity (Wildman–Crippen MR) is 81.3 cm³/mol. The summed E-state index contributed by atoms with van der Waals surface area (Å²) in [5.41, 5.74) is 0. The maximum Gasteiger partial charge on any atom is 0.410 e. The molecule has 1 aromatic rings. The molecule has 6 nitrogen and oxygen atoms in total. The van der Waals surface area contributed by atoms with E-state index < -0.39 is 6.04 Å². The van der Waals surface area contributed by atoms with E-state index in [1.165, 1.54) is 0 Å². The minimum Gasteiger partial charge on any atom is -0.449 e. The van der Waals surface area contributed by atoms with Crippen molar-refractivity contribution in [3.05, 3.63) is 24.4 Å². The van der Waals surface area contributed by atoms with Crippen molar-refractivity contribution < 1.29 is 14.3 Å². The van der Waals surface area contributed by atoms with Gasteiger partial charge in [0.05, 0.1) is 6.61 Å². The van der Waals surface area contributed by atoms with Gasteiger partial charge >= 0.3 is 6.09 Å². The summed E-state index contributed by atoms with van der Waals surface area (Å²) in [7, 11) is 0. The highest BCUT2D eigenvalue weighted by Gasteiger charge is 2.56. The van der Waals surface area contributed by atoms with Gasteiger partial charge in [0.1, 0.15) is 11.9 Å². The molecule has 0 radical (unpaired) electrons. The average molecular weight is 303 g/mol. The van der Waals surface area contributed by atoms with Crippen LogP contribution in [0, 0.1) is 5.92 Å². The van der Waals surface area contributed by atoms with E-state index in [1.54, 1.807) is 23.2 Å². The summed E-state index contributed by atoms with van der Waals surface area (Å²) in [6.07, 6.45) is 4.78. The number of pyridine rings is 1. The van der Waals surface area contributed by atoms with Gasteiger partial charge in [-0.15, -0.1) is 0 Å². The molecule has 2 fully saturated rings. The highest BCUT2D eigenvalue weighted by Crippen LogP contribution is 2.48. The molecule has 1 aromatic heterocycles. The largest absolute Gasteiger partial charge is 0.449 e. The average Bonchev–Trinajstić information content (AvgIpc) is 3.18. The van der Waals surface area contributed by atoms with Gasteiger partial charge in [0, 0.05) is 12.2 Å².